The molecule has 0 saturated carbocycles. The highest BCUT2D eigenvalue weighted by Crippen LogP contribution is 2.31. The summed E-state index contributed by atoms with van der Waals surface area (Å²) in [5.41, 5.74) is 0.717. The van der Waals surface area contributed by atoms with Crippen LogP contribution in [0.3, 0.4) is 0 Å². The van der Waals surface area contributed by atoms with Crippen molar-refractivity contribution in [3.8, 4) is 0 Å². The van der Waals surface area contributed by atoms with Crippen LogP contribution >= 0.6 is 0 Å². The maximum Gasteiger partial charge on any atom is 0.229 e. The third-order valence-electron chi connectivity index (χ3n) is 5.08. The summed E-state index contributed by atoms with van der Waals surface area (Å²) in [6, 6.07) is 14.6. The fourth-order valence-corrected chi connectivity index (χ4v) is 3.53. The minimum atomic E-state index is -0.412. The molecule has 1 fully saturated rings. The standard InChI is InChI=1S/C20H26N2O2/c1-15(17-8-7-16-5-3-4-6-18(16)13-17)22-19(23)20(14-24-2)9-11-21-12-10-20/h3-8,13,15,21H,9-12,14H2,1-2H3,(H,22,23). The molecule has 2 N–H and O–H groups in total. The molecule has 0 radical (unpaired) electrons. The molecular formula is C20H26N2O2. The Hall–Kier alpha value is -1.91. The first kappa shape index (κ1) is 16.9. The zero-order chi connectivity index (χ0) is 17.0. The molecule has 2 aromatic carbocycles. The van der Waals surface area contributed by atoms with E-state index in [2.05, 4.69) is 41.0 Å². The van der Waals surface area contributed by atoms with Crippen molar-refractivity contribution in [2.45, 2.75) is 25.8 Å². The number of fused-ring (bicyclic) bond motifs is 1. The van der Waals surface area contributed by atoms with Gasteiger partial charge in [0.25, 0.3) is 0 Å². The normalized spacial score (nSPS) is 18.2. The summed E-state index contributed by atoms with van der Waals surface area (Å²) in [5.74, 6) is 0.103. The van der Waals surface area contributed by atoms with E-state index in [0.29, 0.717) is 6.61 Å². The van der Waals surface area contributed by atoms with Gasteiger partial charge in [0.1, 0.15) is 0 Å². The number of carbonyl (C=O) groups excluding carboxylic acids is 1. The molecule has 4 heteroatoms. The number of amides is 1. The molecule has 24 heavy (non-hydrogen) atoms. The molecular weight excluding hydrogens is 300 g/mol. The second-order valence-corrected chi connectivity index (χ2v) is 6.77. The van der Waals surface area contributed by atoms with Crippen LogP contribution in [-0.4, -0.2) is 32.7 Å². The van der Waals surface area contributed by atoms with Gasteiger partial charge in [0.05, 0.1) is 18.1 Å². The van der Waals surface area contributed by atoms with E-state index in [4.69, 9.17) is 4.74 Å². The van der Waals surface area contributed by atoms with Gasteiger partial charge in [-0.1, -0.05) is 36.4 Å². The Labute approximate surface area is 143 Å². The second-order valence-electron chi connectivity index (χ2n) is 6.77. The van der Waals surface area contributed by atoms with E-state index in [1.807, 2.05) is 19.1 Å². The third kappa shape index (κ3) is 3.45. The number of benzene rings is 2. The van der Waals surface area contributed by atoms with E-state index in [-0.39, 0.29) is 11.9 Å². The third-order valence-corrected chi connectivity index (χ3v) is 5.08. The lowest BCUT2D eigenvalue weighted by atomic mass is 9.78. The molecule has 128 valence electrons. The molecule has 1 unspecified atom stereocenters. The van der Waals surface area contributed by atoms with Gasteiger partial charge in [0.2, 0.25) is 5.91 Å². The average Bonchev–Trinajstić information content (AvgIpc) is 2.62. The van der Waals surface area contributed by atoms with Crippen LogP contribution in [0.5, 0.6) is 0 Å². The highest BCUT2D eigenvalue weighted by molar-refractivity contribution is 5.85. The zero-order valence-electron chi connectivity index (χ0n) is 14.5. The Morgan fingerprint density at radius 1 is 1.21 bits per heavy atom. The Morgan fingerprint density at radius 2 is 1.92 bits per heavy atom. The largest absolute Gasteiger partial charge is 0.384 e. The van der Waals surface area contributed by atoms with Crippen molar-refractivity contribution in [2.24, 2.45) is 5.41 Å². The fourth-order valence-electron chi connectivity index (χ4n) is 3.53. The van der Waals surface area contributed by atoms with Crippen molar-refractivity contribution >= 4 is 16.7 Å². The monoisotopic (exact) mass is 326 g/mol. The molecule has 4 nitrogen and oxygen atoms in total. The smallest absolute Gasteiger partial charge is 0.229 e. The van der Waals surface area contributed by atoms with Gasteiger partial charge in [0, 0.05) is 7.11 Å². The van der Waals surface area contributed by atoms with Gasteiger partial charge in [-0.25, -0.2) is 0 Å². The van der Waals surface area contributed by atoms with Crippen LogP contribution in [0.25, 0.3) is 10.8 Å². The van der Waals surface area contributed by atoms with Crippen LogP contribution in [0.1, 0.15) is 31.4 Å². The number of piperidine rings is 1. The molecule has 0 spiro atoms. The van der Waals surface area contributed by atoms with E-state index in [1.54, 1.807) is 7.11 Å². The number of methoxy groups -OCH3 is 1. The highest BCUT2D eigenvalue weighted by atomic mass is 16.5. The number of nitrogens with one attached hydrogen (secondary N) is 2. The Balaban J connectivity index is 1.76. The van der Waals surface area contributed by atoms with Crippen molar-refractivity contribution in [3.05, 3.63) is 48.0 Å². The molecule has 2 aromatic rings. The second kappa shape index (κ2) is 7.32. The number of ether oxygens (including phenoxy) is 1. The summed E-state index contributed by atoms with van der Waals surface area (Å²) < 4.78 is 5.36. The van der Waals surface area contributed by atoms with E-state index in [9.17, 15) is 4.79 Å². The predicted molar refractivity (Wildman–Crippen MR) is 96.9 cm³/mol. The molecule has 1 saturated heterocycles. The first-order valence-electron chi connectivity index (χ1n) is 8.64. The van der Waals surface area contributed by atoms with Gasteiger partial charge >= 0.3 is 0 Å². The maximum atomic E-state index is 12.9. The summed E-state index contributed by atoms with van der Waals surface area (Å²) in [6.07, 6.45) is 1.63. The molecule has 0 aromatic heterocycles. The van der Waals surface area contributed by atoms with Gasteiger partial charge in [-0.15, -0.1) is 0 Å². The lowest BCUT2D eigenvalue weighted by molar-refractivity contribution is -0.136. The van der Waals surface area contributed by atoms with Crippen LogP contribution in [0, 0.1) is 5.41 Å². The van der Waals surface area contributed by atoms with Crippen LogP contribution in [-0.2, 0) is 9.53 Å². The summed E-state index contributed by atoms with van der Waals surface area (Å²) >= 11 is 0. The van der Waals surface area contributed by atoms with E-state index in [1.165, 1.54) is 10.8 Å². The Bertz CT molecular complexity index is 702. The molecule has 1 atom stereocenters. The number of hydrogen-bond acceptors (Lipinski definition) is 3. The van der Waals surface area contributed by atoms with E-state index < -0.39 is 5.41 Å². The first-order valence-corrected chi connectivity index (χ1v) is 8.64. The predicted octanol–water partition coefficient (Wildman–Crippen LogP) is 3.03. The number of carbonyl (C=O) groups is 1. The van der Waals surface area contributed by atoms with Crippen molar-refractivity contribution in [2.75, 3.05) is 26.8 Å². The van der Waals surface area contributed by atoms with Gasteiger partial charge in [-0.05, 0) is 55.3 Å². The highest BCUT2D eigenvalue weighted by Gasteiger charge is 2.40. The molecule has 1 heterocycles. The molecule has 3 rings (SSSR count). The number of hydrogen-bond donors (Lipinski definition) is 2. The lowest BCUT2D eigenvalue weighted by Gasteiger charge is -2.36. The SMILES string of the molecule is COCC1(C(=O)NC(C)c2ccc3ccccc3c2)CCNCC1. The van der Waals surface area contributed by atoms with E-state index >= 15 is 0 Å². The van der Waals surface area contributed by atoms with Crippen molar-refractivity contribution in [3.63, 3.8) is 0 Å². The Kier molecular flexibility index (Phi) is 5.17. The van der Waals surface area contributed by atoms with Crippen LogP contribution < -0.4 is 10.6 Å². The van der Waals surface area contributed by atoms with Crippen LogP contribution in [0.4, 0.5) is 0 Å². The number of rotatable bonds is 5. The minimum absolute atomic E-state index is 0.0225. The van der Waals surface area contributed by atoms with Gasteiger partial charge in [-0.3, -0.25) is 4.79 Å². The van der Waals surface area contributed by atoms with Gasteiger partial charge in [0.15, 0.2) is 0 Å². The summed E-state index contributed by atoms with van der Waals surface area (Å²) in [4.78, 5) is 12.9. The van der Waals surface area contributed by atoms with Gasteiger partial charge in [-0.2, -0.15) is 0 Å². The van der Waals surface area contributed by atoms with Crippen LogP contribution in [0.2, 0.25) is 0 Å². The van der Waals surface area contributed by atoms with Crippen LogP contribution in [0.15, 0.2) is 42.5 Å². The molecule has 1 aliphatic heterocycles. The summed E-state index contributed by atoms with van der Waals surface area (Å²) in [5, 5.41) is 8.95. The quantitative estimate of drug-likeness (QED) is 0.888. The summed E-state index contributed by atoms with van der Waals surface area (Å²) in [6.45, 7) is 4.25. The lowest BCUT2D eigenvalue weighted by Crippen LogP contribution is -2.50. The van der Waals surface area contributed by atoms with E-state index in [0.717, 1.165) is 31.5 Å². The fraction of sp³-hybridized carbons (Fsp3) is 0.450. The minimum Gasteiger partial charge on any atom is -0.384 e. The Morgan fingerprint density at radius 3 is 2.62 bits per heavy atom. The van der Waals surface area contributed by atoms with Crippen molar-refractivity contribution in [1.82, 2.24) is 10.6 Å². The summed E-state index contributed by atoms with van der Waals surface area (Å²) in [7, 11) is 1.67. The topological polar surface area (TPSA) is 50.4 Å². The first-order chi connectivity index (χ1) is 11.6. The van der Waals surface area contributed by atoms with Crippen molar-refractivity contribution < 1.29 is 9.53 Å². The van der Waals surface area contributed by atoms with Crippen molar-refractivity contribution in [1.29, 1.82) is 0 Å². The molecule has 0 bridgehead atoms. The average molecular weight is 326 g/mol. The van der Waals surface area contributed by atoms with Gasteiger partial charge < -0.3 is 15.4 Å². The molecule has 0 aliphatic carbocycles. The molecule has 1 amide bonds. The molecule has 1 aliphatic rings. The zero-order valence-corrected chi connectivity index (χ0v) is 14.5. The maximum absolute atomic E-state index is 12.9.